The Kier molecular flexibility index (Phi) is 5.92. The lowest BCUT2D eigenvalue weighted by molar-refractivity contribution is -0.0328. The van der Waals surface area contributed by atoms with Gasteiger partial charge in [0, 0.05) is 17.6 Å². The fourth-order valence-corrected chi connectivity index (χ4v) is 1.97. The van der Waals surface area contributed by atoms with Crippen LogP contribution in [0.25, 0.3) is 0 Å². The number of carbonyl (C=O) groups is 1. The van der Waals surface area contributed by atoms with Crippen molar-refractivity contribution in [3.8, 4) is 12.3 Å². The van der Waals surface area contributed by atoms with Gasteiger partial charge in [-0.15, -0.1) is 6.42 Å². The number of ether oxygens (including phenoxy) is 1. The summed E-state index contributed by atoms with van der Waals surface area (Å²) in [6.45, 7) is 0.124. The van der Waals surface area contributed by atoms with E-state index in [0.29, 0.717) is 0 Å². The zero-order chi connectivity index (χ0) is 15.2. The van der Waals surface area contributed by atoms with Crippen LogP contribution in [-0.2, 0) is 4.74 Å². The van der Waals surface area contributed by atoms with E-state index in [4.69, 9.17) is 11.2 Å². The third kappa shape index (κ3) is 5.55. The van der Waals surface area contributed by atoms with Crippen molar-refractivity contribution in [2.24, 2.45) is 0 Å². The van der Waals surface area contributed by atoms with Crippen molar-refractivity contribution in [3.05, 3.63) is 29.8 Å². The van der Waals surface area contributed by atoms with Gasteiger partial charge in [-0.3, -0.25) is 4.79 Å². The van der Waals surface area contributed by atoms with Crippen molar-refractivity contribution in [2.45, 2.75) is 16.4 Å². The van der Waals surface area contributed by atoms with E-state index in [9.17, 15) is 18.0 Å². The van der Waals surface area contributed by atoms with Gasteiger partial charge in [-0.1, -0.05) is 12.0 Å². The second-order valence-electron chi connectivity index (χ2n) is 3.72. The Morgan fingerprint density at radius 1 is 1.55 bits per heavy atom. The fraction of sp³-hybridized carbons (Fsp3) is 0.308. The van der Waals surface area contributed by atoms with E-state index in [2.05, 4.69) is 11.2 Å². The fourth-order valence-electron chi connectivity index (χ4n) is 1.37. The van der Waals surface area contributed by atoms with Gasteiger partial charge < -0.3 is 10.1 Å². The molecule has 108 valence electrons. The van der Waals surface area contributed by atoms with Gasteiger partial charge in [-0.25, -0.2) is 0 Å². The van der Waals surface area contributed by atoms with Crippen LogP contribution >= 0.6 is 11.8 Å². The average Bonchev–Trinajstić information content (AvgIpc) is 2.36. The van der Waals surface area contributed by atoms with Crippen LogP contribution < -0.4 is 5.32 Å². The van der Waals surface area contributed by atoms with Crippen molar-refractivity contribution >= 4 is 17.7 Å². The van der Waals surface area contributed by atoms with E-state index in [1.165, 1.54) is 25.3 Å². The van der Waals surface area contributed by atoms with Crippen LogP contribution in [0.15, 0.2) is 29.2 Å². The van der Waals surface area contributed by atoms with E-state index >= 15 is 0 Å². The number of nitrogens with one attached hydrogen (secondary N) is 1. The predicted octanol–water partition coefficient (Wildman–Crippen LogP) is 2.68. The van der Waals surface area contributed by atoms with Gasteiger partial charge in [-0.2, -0.15) is 13.2 Å². The maximum atomic E-state index is 12.3. The van der Waals surface area contributed by atoms with Gasteiger partial charge in [0.1, 0.15) is 6.04 Å². The van der Waals surface area contributed by atoms with Crippen LogP contribution in [0.4, 0.5) is 13.2 Å². The topological polar surface area (TPSA) is 38.3 Å². The molecule has 0 radical (unpaired) electrons. The molecule has 1 atom stereocenters. The summed E-state index contributed by atoms with van der Waals surface area (Å²) in [5.74, 6) is 1.77. The van der Waals surface area contributed by atoms with E-state index < -0.39 is 17.5 Å². The number of rotatable bonds is 5. The minimum absolute atomic E-state index is 0.0610. The van der Waals surface area contributed by atoms with Crippen molar-refractivity contribution in [1.82, 2.24) is 5.32 Å². The first-order valence-corrected chi connectivity index (χ1v) is 6.29. The number of carbonyl (C=O) groups excluding carboxylic acids is 1. The molecule has 0 aliphatic rings. The lowest BCUT2D eigenvalue weighted by atomic mass is 10.2. The number of hydrogen-bond acceptors (Lipinski definition) is 3. The highest BCUT2D eigenvalue weighted by molar-refractivity contribution is 8.00. The van der Waals surface area contributed by atoms with Crippen molar-refractivity contribution in [2.75, 3.05) is 13.7 Å². The monoisotopic (exact) mass is 303 g/mol. The summed E-state index contributed by atoms with van der Waals surface area (Å²) in [4.78, 5) is 11.8. The first-order chi connectivity index (χ1) is 9.35. The Morgan fingerprint density at radius 2 is 2.25 bits per heavy atom. The van der Waals surface area contributed by atoms with E-state index in [1.807, 2.05) is 0 Å². The summed E-state index contributed by atoms with van der Waals surface area (Å²) in [7, 11) is 1.43. The zero-order valence-electron chi connectivity index (χ0n) is 10.5. The molecule has 0 aliphatic heterocycles. The molecule has 0 aromatic heterocycles. The molecular formula is C13H12F3NO2S. The first-order valence-electron chi connectivity index (χ1n) is 5.47. The first kappa shape index (κ1) is 16.4. The minimum atomic E-state index is -4.40. The third-order valence-corrected chi connectivity index (χ3v) is 2.89. The molecule has 0 heterocycles. The molecule has 1 aromatic rings. The highest BCUT2D eigenvalue weighted by Gasteiger charge is 2.29. The molecule has 1 N–H and O–H groups in total. The Morgan fingerprint density at radius 3 is 2.80 bits per heavy atom. The quantitative estimate of drug-likeness (QED) is 0.671. The number of halogens is 3. The summed E-state index contributed by atoms with van der Waals surface area (Å²) in [6, 6.07) is 4.60. The van der Waals surface area contributed by atoms with Crippen LogP contribution in [0.5, 0.6) is 0 Å². The minimum Gasteiger partial charge on any atom is -0.382 e. The molecule has 0 saturated heterocycles. The Bertz CT molecular complexity index is 511. The summed E-state index contributed by atoms with van der Waals surface area (Å²) in [5, 5.41) is 2.48. The van der Waals surface area contributed by atoms with Crippen LogP contribution in [0.2, 0.25) is 0 Å². The molecule has 1 amide bonds. The summed E-state index contributed by atoms with van der Waals surface area (Å²) in [5.41, 5.74) is -4.29. The molecule has 3 nitrogen and oxygen atoms in total. The molecule has 0 bridgehead atoms. The lowest BCUT2D eigenvalue weighted by Gasteiger charge is -2.12. The van der Waals surface area contributed by atoms with Crippen molar-refractivity contribution in [1.29, 1.82) is 0 Å². The Hall–Kier alpha value is -1.65. The van der Waals surface area contributed by atoms with Gasteiger partial charge in [0.15, 0.2) is 0 Å². The molecule has 20 heavy (non-hydrogen) atoms. The Balaban J connectivity index is 2.79. The third-order valence-electron chi connectivity index (χ3n) is 2.17. The van der Waals surface area contributed by atoms with Gasteiger partial charge in [0.25, 0.3) is 5.91 Å². The largest absolute Gasteiger partial charge is 0.446 e. The molecule has 0 aliphatic carbocycles. The van der Waals surface area contributed by atoms with Crippen LogP contribution in [-0.4, -0.2) is 31.2 Å². The zero-order valence-corrected chi connectivity index (χ0v) is 11.3. The number of benzene rings is 1. The maximum absolute atomic E-state index is 12.3. The molecule has 1 rings (SSSR count). The summed E-state index contributed by atoms with van der Waals surface area (Å²) in [6.07, 6.45) is 5.20. The van der Waals surface area contributed by atoms with Crippen LogP contribution in [0, 0.1) is 12.3 Å². The van der Waals surface area contributed by atoms with Crippen molar-refractivity contribution in [3.63, 3.8) is 0 Å². The number of alkyl halides is 3. The average molecular weight is 303 g/mol. The number of amides is 1. The number of methoxy groups -OCH3 is 1. The molecule has 1 aromatic carbocycles. The normalized spacial score (nSPS) is 12.6. The van der Waals surface area contributed by atoms with E-state index in [1.54, 1.807) is 0 Å². The van der Waals surface area contributed by atoms with Gasteiger partial charge in [-0.05, 0) is 30.0 Å². The van der Waals surface area contributed by atoms with Gasteiger partial charge in [0.05, 0.1) is 6.61 Å². The standard InChI is InChI=1S/C13H12F3NO2S/c1-3-10(8-19-2)17-12(18)9-5-4-6-11(7-9)20-13(14,15)16/h1,4-7,10H,8H2,2H3,(H,17,18)/t10-/m1/s1. The molecule has 0 unspecified atom stereocenters. The SMILES string of the molecule is C#C[C@H](COC)NC(=O)c1cccc(SC(F)(F)F)c1. The molecule has 0 spiro atoms. The molecular weight excluding hydrogens is 291 g/mol. The van der Waals surface area contributed by atoms with E-state index in [-0.39, 0.29) is 28.8 Å². The second kappa shape index (κ2) is 7.22. The van der Waals surface area contributed by atoms with Gasteiger partial charge in [0.2, 0.25) is 0 Å². The van der Waals surface area contributed by atoms with E-state index in [0.717, 1.165) is 6.07 Å². The molecule has 0 saturated carbocycles. The number of terminal acetylenes is 1. The summed E-state index contributed by atoms with van der Waals surface area (Å²) >= 11 is -0.278. The van der Waals surface area contributed by atoms with Crippen LogP contribution in [0.3, 0.4) is 0 Å². The predicted molar refractivity (Wildman–Crippen MR) is 70.3 cm³/mol. The molecule has 0 fully saturated rings. The van der Waals surface area contributed by atoms with Gasteiger partial charge >= 0.3 is 5.51 Å². The summed E-state index contributed by atoms with van der Waals surface area (Å²) < 4.78 is 41.6. The Labute approximate surface area is 118 Å². The number of hydrogen-bond donors (Lipinski definition) is 1. The second-order valence-corrected chi connectivity index (χ2v) is 4.86. The van der Waals surface area contributed by atoms with Crippen LogP contribution in [0.1, 0.15) is 10.4 Å². The highest BCUT2D eigenvalue weighted by Crippen LogP contribution is 2.36. The smallest absolute Gasteiger partial charge is 0.382 e. The lowest BCUT2D eigenvalue weighted by Crippen LogP contribution is -2.36. The molecule has 7 heteroatoms. The number of thioether (sulfide) groups is 1. The maximum Gasteiger partial charge on any atom is 0.446 e. The highest BCUT2D eigenvalue weighted by atomic mass is 32.2. The van der Waals surface area contributed by atoms with Crippen molar-refractivity contribution < 1.29 is 22.7 Å².